The first-order valence-electron chi connectivity index (χ1n) is 6.00. The molecule has 0 aromatic heterocycles. The molecular weight excluding hydrogens is 228 g/mol. The van der Waals surface area contributed by atoms with Gasteiger partial charge in [0.15, 0.2) is 0 Å². The second-order valence-corrected chi connectivity index (χ2v) is 6.98. The van der Waals surface area contributed by atoms with E-state index in [4.69, 9.17) is 0 Å². The number of carbonyl (C=O) groups is 1. The Morgan fingerprint density at radius 2 is 1.88 bits per heavy atom. The van der Waals surface area contributed by atoms with Gasteiger partial charge < -0.3 is 0 Å². The van der Waals surface area contributed by atoms with Crippen LogP contribution < -0.4 is 0 Å². The molecule has 1 aromatic carbocycles. The van der Waals surface area contributed by atoms with Crippen molar-refractivity contribution in [3.63, 3.8) is 0 Å². The van der Waals surface area contributed by atoms with Crippen LogP contribution in [-0.4, -0.2) is 11.0 Å². The maximum absolute atomic E-state index is 11.3. The van der Waals surface area contributed by atoms with Gasteiger partial charge in [0.05, 0.1) is 5.25 Å². The number of carbonyl (C=O) groups excluding carboxylic acids is 1. The van der Waals surface area contributed by atoms with Crippen LogP contribution in [0.2, 0.25) is 0 Å². The molecule has 0 heterocycles. The number of rotatable bonds is 3. The Balaban J connectivity index is 3.03. The number of hydrogen-bond donors (Lipinski definition) is 0. The van der Waals surface area contributed by atoms with Gasteiger partial charge in [-0.3, -0.25) is 4.79 Å². The van der Waals surface area contributed by atoms with Crippen LogP contribution in [0.15, 0.2) is 23.1 Å². The van der Waals surface area contributed by atoms with E-state index in [2.05, 4.69) is 45.9 Å². The fraction of sp³-hybridized carbons (Fsp3) is 0.533. The van der Waals surface area contributed by atoms with Crippen molar-refractivity contribution >= 4 is 17.5 Å². The van der Waals surface area contributed by atoms with Gasteiger partial charge in [0.2, 0.25) is 0 Å². The summed E-state index contributed by atoms with van der Waals surface area (Å²) in [6.45, 7) is 12.3. The number of thioether (sulfide) groups is 1. The predicted octanol–water partition coefficient (Wildman–Crippen LogP) is 4.36. The summed E-state index contributed by atoms with van der Waals surface area (Å²) in [6, 6.07) is 6.55. The van der Waals surface area contributed by atoms with Gasteiger partial charge in [-0.2, -0.15) is 0 Å². The zero-order chi connectivity index (χ0) is 13.2. The lowest BCUT2D eigenvalue weighted by Gasteiger charge is -2.21. The van der Waals surface area contributed by atoms with Gasteiger partial charge in [0.25, 0.3) is 0 Å². The Kier molecular flexibility index (Phi) is 4.42. The molecular formula is C15H22OS. The zero-order valence-electron chi connectivity index (χ0n) is 11.6. The molecule has 17 heavy (non-hydrogen) atoms. The average molecular weight is 250 g/mol. The second-order valence-electron chi connectivity index (χ2n) is 5.60. The smallest absolute Gasteiger partial charge is 0.142 e. The molecule has 0 fully saturated rings. The molecule has 1 nitrogen and oxygen atoms in total. The summed E-state index contributed by atoms with van der Waals surface area (Å²) in [5.74, 6) is 0.232. The van der Waals surface area contributed by atoms with Crippen molar-refractivity contribution in [2.24, 2.45) is 0 Å². The van der Waals surface area contributed by atoms with Crippen LogP contribution in [0.1, 0.15) is 45.7 Å². The molecule has 1 atom stereocenters. The lowest BCUT2D eigenvalue weighted by Crippen LogP contribution is -2.12. The second kappa shape index (κ2) is 5.26. The first kappa shape index (κ1) is 14.3. The first-order valence-corrected chi connectivity index (χ1v) is 6.88. The van der Waals surface area contributed by atoms with Crippen molar-refractivity contribution in [2.75, 3.05) is 0 Å². The Morgan fingerprint density at radius 3 is 2.35 bits per heavy atom. The number of ketones is 1. The van der Waals surface area contributed by atoms with E-state index in [1.54, 1.807) is 18.7 Å². The van der Waals surface area contributed by atoms with E-state index >= 15 is 0 Å². The summed E-state index contributed by atoms with van der Waals surface area (Å²) in [4.78, 5) is 12.5. The molecule has 1 aromatic rings. The molecule has 0 saturated carbocycles. The molecule has 1 rings (SSSR count). The fourth-order valence-corrected chi connectivity index (χ4v) is 2.46. The fourth-order valence-electron chi connectivity index (χ4n) is 1.47. The van der Waals surface area contributed by atoms with Crippen LogP contribution in [0.5, 0.6) is 0 Å². The average Bonchev–Trinajstić information content (AvgIpc) is 2.19. The van der Waals surface area contributed by atoms with Gasteiger partial charge >= 0.3 is 0 Å². The van der Waals surface area contributed by atoms with E-state index in [1.165, 1.54) is 16.0 Å². The Hall–Kier alpha value is -0.760. The third-order valence-electron chi connectivity index (χ3n) is 2.93. The summed E-state index contributed by atoms with van der Waals surface area (Å²) in [5, 5.41) is 0.0314. The van der Waals surface area contributed by atoms with Crippen LogP contribution in [-0.2, 0) is 10.2 Å². The van der Waals surface area contributed by atoms with E-state index in [1.807, 2.05) is 6.92 Å². The highest BCUT2D eigenvalue weighted by molar-refractivity contribution is 8.00. The van der Waals surface area contributed by atoms with E-state index in [-0.39, 0.29) is 16.4 Å². The molecule has 1 unspecified atom stereocenters. The van der Waals surface area contributed by atoms with Crippen molar-refractivity contribution in [1.82, 2.24) is 0 Å². The van der Waals surface area contributed by atoms with Crippen molar-refractivity contribution in [3.05, 3.63) is 29.3 Å². The third kappa shape index (κ3) is 3.88. The quantitative estimate of drug-likeness (QED) is 0.741. The monoisotopic (exact) mass is 250 g/mol. The third-order valence-corrected chi connectivity index (χ3v) is 4.31. The molecule has 0 bridgehead atoms. The van der Waals surface area contributed by atoms with Gasteiger partial charge in [-0.15, -0.1) is 11.8 Å². The van der Waals surface area contributed by atoms with Crippen LogP contribution in [0.4, 0.5) is 0 Å². The highest BCUT2D eigenvalue weighted by Crippen LogP contribution is 2.31. The van der Waals surface area contributed by atoms with Crippen molar-refractivity contribution < 1.29 is 4.79 Å². The van der Waals surface area contributed by atoms with Gasteiger partial charge in [0.1, 0.15) is 5.78 Å². The number of aryl methyl sites for hydroxylation is 1. The van der Waals surface area contributed by atoms with E-state index in [0.717, 1.165) is 0 Å². The van der Waals surface area contributed by atoms with Gasteiger partial charge in [0, 0.05) is 4.90 Å². The molecule has 0 aliphatic heterocycles. The van der Waals surface area contributed by atoms with Gasteiger partial charge in [-0.05, 0) is 43.4 Å². The van der Waals surface area contributed by atoms with Crippen molar-refractivity contribution in [2.45, 2.75) is 57.1 Å². The number of hydrogen-bond acceptors (Lipinski definition) is 2. The minimum absolute atomic E-state index is 0.0314. The Bertz CT molecular complexity index is 415. The summed E-state index contributed by atoms with van der Waals surface area (Å²) in [7, 11) is 0. The molecule has 0 radical (unpaired) electrons. The first-order chi connectivity index (χ1) is 7.71. The standard InChI is InChI=1S/C15H22OS/c1-10-7-8-13(15(4,5)6)9-14(10)17-12(3)11(2)16/h7-9,12H,1-6H3. The Morgan fingerprint density at radius 1 is 1.29 bits per heavy atom. The molecule has 0 amide bonds. The van der Waals surface area contributed by atoms with Crippen LogP contribution in [0.25, 0.3) is 0 Å². The lowest BCUT2D eigenvalue weighted by molar-refractivity contribution is -0.116. The minimum Gasteiger partial charge on any atom is -0.299 e. The molecule has 0 saturated heterocycles. The highest BCUT2D eigenvalue weighted by atomic mass is 32.2. The van der Waals surface area contributed by atoms with Gasteiger partial charge in [-0.25, -0.2) is 0 Å². The highest BCUT2D eigenvalue weighted by Gasteiger charge is 2.16. The summed E-state index contributed by atoms with van der Waals surface area (Å²) in [5.41, 5.74) is 2.72. The van der Waals surface area contributed by atoms with E-state index in [9.17, 15) is 4.79 Å². The summed E-state index contributed by atoms with van der Waals surface area (Å²) >= 11 is 1.66. The summed E-state index contributed by atoms with van der Waals surface area (Å²) < 4.78 is 0. The molecule has 0 spiro atoms. The van der Waals surface area contributed by atoms with Crippen LogP contribution >= 0.6 is 11.8 Å². The number of Topliss-reactive ketones (excluding diaryl/α,β-unsaturated/α-hetero) is 1. The van der Waals surface area contributed by atoms with Crippen LogP contribution in [0, 0.1) is 6.92 Å². The predicted molar refractivity (Wildman–Crippen MR) is 75.9 cm³/mol. The molecule has 0 aliphatic rings. The molecule has 94 valence electrons. The molecule has 0 aliphatic carbocycles. The van der Waals surface area contributed by atoms with Crippen molar-refractivity contribution in [1.29, 1.82) is 0 Å². The largest absolute Gasteiger partial charge is 0.299 e. The van der Waals surface area contributed by atoms with E-state index in [0.29, 0.717) is 0 Å². The normalized spacial score (nSPS) is 13.5. The maximum Gasteiger partial charge on any atom is 0.142 e. The maximum atomic E-state index is 11.3. The van der Waals surface area contributed by atoms with Gasteiger partial charge in [-0.1, -0.05) is 32.9 Å². The summed E-state index contributed by atoms with van der Waals surface area (Å²) in [6.07, 6.45) is 0. The van der Waals surface area contributed by atoms with Crippen molar-refractivity contribution in [3.8, 4) is 0 Å². The Labute approximate surface area is 109 Å². The lowest BCUT2D eigenvalue weighted by atomic mass is 9.87. The molecule has 0 N–H and O–H groups in total. The number of benzene rings is 1. The SMILES string of the molecule is CC(=O)C(C)Sc1cc(C(C)(C)C)ccc1C. The van der Waals surface area contributed by atoms with E-state index < -0.39 is 0 Å². The molecule has 2 heteroatoms. The topological polar surface area (TPSA) is 17.1 Å². The zero-order valence-corrected chi connectivity index (χ0v) is 12.4. The van der Waals surface area contributed by atoms with Crippen LogP contribution in [0.3, 0.4) is 0 Å². The minimum atomic E-state index is 0.0314.